The largest absolute Gasteiger partial charge is 0.481 e. The quantitative estimate of drug-likeness (QED) is 0.335. The molecule has 192 valence electrons. The van der Waals surface area contributed by atoms with E-state index in [1.54, 1.807) is 11.7 Å². The molecule has 3 heterocycles. The Hall–Kier alpha value is -3.67. The van der Waals surface area contributed by atoms with Crippen molar-refractivity contribution in [2.24, 2.45) is 0 Å². The van der Waals surface area contributed by atoms with Crippen LogP contribution in [0.2, 0.25) is 0 Å². The third kappa shape index (κ3) is 5.38. The van der Waals surface area contributed by atoms with Crippen LogP contribution in [-0.4, -0.2) is 34.7 Å². The van der Waals surface area contributed by atoms with E-state index in [-0.39, 0.29) is 11.0 Å². The Kier molecular flexibility index (Phi) is 7.00. The minimum Gasteiger partial charge on any atom is -0.481 e. The van der Waals surface area contributed by atoms with Crippen molar-refractivity contribution in [2.75, 3.05) is 25.1 Å². The van der Waals surface area contributed by atoms with Crippen molar-refractivity contribution in [3.8, 4) is 11.6 Å². The Balaban J connectivity index is 1.62. The molecule has 37 heavy (non-hydrogen) atoms. The molecule has 0 radical (unpaired) electrons. The molecule has 2 aromatic heterocycles. The molecule has 1 saturated heterocycles. The van der Waals surface area contributed by atoms with Crippen molar-refractivity contribution < 1.29 is 4.74 Å². The molecule has 0 saturated carbocycles. The van der Waals surface area contributed by atoms with Gasteiger partial charge in [0.05, 0.1) is 23.7 Å². The Bertz CT molecular complexity index is 1460. The number of aryl methyl sites for hydroxylation is 2. The lowest BCUT2D eigenvalue weighted by molar-refractivity contribution is 0.396. The van der Waals surface area contributed by atoms with E-state index in [9.17, 15) is 4.79 Å². The molecule has 4 aromatic rings. The summed E-state index contributed by atoms with van der Waals surface area (Å²) >= 11 is 0. The molecule has 1 fully saturated rings. The molecule has 5 rings (SSSR count). The fourth-order valence-electron chi connectivity index (χ4n) is 5.06. The van der Waals surface area contributed by atoms with Crippen LogP contribution in [0.1, 0.15) is 57.1 Å². The van der Waals surface area contributed by atoms with Gasteiger partial charge in [0.1, 0.15) is 5.82 Å². The van der Waals surface area contributed by atoms with Gasteiger partial charge in [-0.2, -0.15) is 0 Å². The number of hydrogen-bond acceptors (Lipinski definition) is 5. The lowest BCUT2D eigenvalue weighted by Gasteiger charge is -2.29. The van der Waals surface area contributed by atoms with E-state index in [1.165, 1.54) is 24.8 Å². The van der Waals surface area contributed by atoms with Gasteiger partial charge in [0, 0.05) is 37.0 Å². The van der Waals surface area contributed by atoms with Gasteiger partial charge in [-0.3, -0.25) is 9.36 Å². The lowest BCUT2D eigenvalue weighted by Crippen LogP contribution is -2.30. The van der Waals surface area contributed by atoms with Gasteiger partial charge in [-0.15, -0.1) is 0 Å². The van der Waals surface area contributed by atoms with Gasteiger partial charge in [-0.25, -0.2) is 9.97 Å². The summed E-state index contributed by atoms with van der Waals surface area (Å²) in [6.45, 7) is 8.63. The first-order valence-electron chi connectivity index (χ1n) is 13.2. The predicted molar refractivity (Wildman–Crippen MR) is 150 cm³/mol. The average Bonchev–Trinajstić information content (AvgIpc) is 2.92. The van der Waals surface area contributed by atoms with Crippen LogP contribution in [-0.2, 0) is 18.3 Å². The van der Waals surface area contributed by atoms with E-state index in [0.717, 1.165) is 41.5 Å². The van der Waals surface area contributed by atoms with Crippen molar-refractivity contribution in [3.05, 3.63) is 88.1 Å². The monoisotopic (exact) mass is 496 g/mol. The molecule has 0 aliphatic carbocycles. The zero-order valence-corrected chi connectivity index (χ0v) is 22.3. The number of fused-ring (bicyclic) bond motifs is 1. The van der Waals surface area contributed by atoms with Crippen molar-refractivity contribution >= 4 is 16.6 Å². The number of aromatic nitrogens is 3. The van der Waals surface area contributed by atoms with E-state index in [2.05, 4.69) is 48.9 Å². The second kappa shape index (κ2) is 10.4. The number of pyridine rings is 1. The maximum Gasteiger partial charge on any atom is 0.266 e. The standard InChI is InChI=1S/C31H36N4O2/c1-31(2,3)22-10-8-12-25(20-22)35-28(17-14-23-11-9-13-29(32-23)37-4)33-27-16-15-24(21-26(27)30(35)36)34-18-6-5-7-19-34/h8-13,15-16,20-21H,5-7,14,17-19H2,1-4H3. The Morgan fingerprint density at radius 1 is 0.865 bits per heavy atom. The average molecular weight is 497 g/mol. The number of piperidine rings is 1. The van der Waals surface area contributed by atoms with Gasteiger partial charge in [0.15, 0.2) is 0 Å². The molecular weight excluding hydrogens is 460 g/mol. The van der Waals surface area contributed by atoms with Crippen LogP contribution in [0.4, 0.5) is 5.69 Å². The van der Waals surface area contributed by atoms with Crippen LogP contribution in [0.3, 0.4) is 0 Å². The SMILES string of the molecule is COc1cccc(CCc2nc3ccc(N4CCCCC4)cc3c(=O)n2-c2cccc(C(C)(C)C)c2)n1. The summed E-state index contributed by atoms with van der Waals surface area (Å²) in [5, 5.41) is 0.660. The summed E-state index contributed by atoms with van der Waals surface area (Å²) in [6, 6.07) is 20.2. The van der Waals surface area contributed by atoms with Crippen LogP contribution >= 0.6 is 0 Å². The van der Waals surface area contributed by atoms with Crippen LogP contribution in [0.15, 0.2) is 65.5 Å². The second-order valence-electron chi connectivity index (χ2n) is 10.9. The van der Waals surface area contributed by atoms with Crippen molar-refractivity contribution in [1.29, 1.82) is 0 Å². The molecule has 6 nitrogen and oxygen atoms in total. The Morgan fingerprint density at radius 3 is 2.41 bits per heavy atom. The first-order chi connectivity index (χ1) is 17.8. The van der Waals surface area contributed by atoms with Crippen LogP contribution < -0.4 is 15.2 Å². The predicted octanol–water partition coefficient (Wildman–Crippen LogP) is 5.86. The topological polar surface area (TPSA) is 60.2 Å². The highest BCUT2D eigenvalue weighted by atomic mass is 16.5. The number of benzene rings is 2. The molecule has 6 heteroatoms. The maximum atomic E-state index is 14.1. The third-order valence-electron chi connectivity index (χ3n) is 7.21. The van der Waals surface area contributed by atoms with Gasteiger partial charge in [-0.05, 0) is 73.1 Å². The number of methoxy groups -OCH3 is 1. The van der Waals surface area contributed by atoms with Gasteiger partial charge in [0.25, 0.3) is 5.56 Å². The van der Waals surface area contributed by atoms with Crippen LogP contribution in [0, 0.1) is 0 Å². The fraction of sp³-hybridized carbons (Fsp3) is 0.387. The minimum absolute atomic E-state index is 0.0245. The fourth-order valence-corrected chi connectivity index (χ4v) is 5.06. The third-order valence-corrected chi connectivity index (χ3v) is 7.21. The number of rotatable bonds is 6. The van der Waals surface area contributed by atoms with Gasteiger partial charge >= 0.3 is 0 Å². The number of anilines is 1. The molecule has 0 atom stereocenters. The highest BCUT2D eigenvalue weighted by Crippen LogP contribution is 2.26. The summed E-state index contributed by atoms with van der Waals surface area (Å²) in [5.74, 6) is 1.32. The molecule has 2 aromatic carbocycles. The van der Waals surface area contributed by atoms with E-state index < -0.39 is 0 Å². The van der Waals surface area contributed by atoms with Crippen LogP contribution in [0.5, 0.6) is 5.88 Å². The molecule has 0 spiro atoms. The summed E-state index contributed by atoms with van der Waals surface area (Å²) in [6.07, 6.45) is 4.89. The zero-order valence-electron chi connectivity index (χ0n) is 22.3. The van der Waals surface area contributed by atoms with Gasteiger partial charge < -0.3 is 9.64 Å². The first-order valence-corrected chi connectivity index (χ1v) is 13.2. The number of hydrogen-bond donors (Lipinski definition) is 0. The summed E-state index contributed by atoms with van der Waals surface area (Å²) < 4.78 is 7.10. The van der Waals surface area contributed by atoms with Crippen molar-refractivity contribution in [3.63, 3.8) is 0 Å². The zero-order chi connectivity index (χ0) is 26.0. The summed E-state index contributed by atoms with van der Waals surface area (Å²) in [5.41, 5.74) is 4.73. The molecule has 0 amide bonds. The maximum absolute atomic E-state index is 14.1. The van der Waals surface area contributed by atoms with Gasteiger partial charge in [-0.1, -0.05) is 39.0 Å². The lowest BCUT2D eigenvalue weighted by atomic mass is 9.87. The van der Waals surface area contributed by atoms with E-state index in [4.69, 9.17) is 9.72 Å². The minimum atomic E-state index is -0.0317. The highest BCUT2D eigenvalue weighted by Gasteiger charge is 2.19. The van der Waals surface area contributed by atoms with E-state index in [0.29, 0.717) is 24.1 Å². The van der Waals surface area contributed by atoms with Crippen molar-refractivity contribution in [2.45, 2.75) is 58.3 Å². The molecular formula is C31H36N4O2. The molecule has 0 bridgehead atoms. The molecule has 1 aliphatic rings. The molecule has 1 aliphatic heterocycles. The second-order valence-corrected chi connectivity index (χ2v) is 10.9. The number of ether oxygens (including phenoxy) is 1. The molecule has 0 N–H and O–H groups in total. The van der Waals surface area contributed by atoms with Gasteiger partial charge in [0.2, 0.25) is 5.88 Å². The number of nitrogens with zero attached hydrogens (tertiary/aromatic N) is 4. The van der Waals surface area contributed by atoms with E-state index in [1.807, 2.05) is 42.5 Å². The first kappa shape index (κ1) is 25.0. The Labute approximate surface area is 219 Å². The smallest absolute Gasteiger partial charge is 0.266 e. The summed E-state index contributed by atoms with van der Waals surface area (Å²) in [4.78, 5) is 26.1. The normalized spacial score (nSPS) is 14.2. The Morgan fingerprint density at radius 2 is 1.65 bits per heavy atom. The molecule has 0 unspecified atom stereocenters. The van der Waals surface area contributed by atoms with Crippen molar-refractivity contribution in [1.82, 2.24) is 14.5 Å². The highest BCUT2D eigenvalue weighted by molar-refractivity contribution is 5.82. The van der Waals surface area contributed by atoms with E-state index >= 15 is 0 Å². The van der Waals surface area contributed by atoms with Crippen LogP contribution in [0.25, 0.3) is 16.6 Å². The summed E-state index contributed by atoms with van der Waals surface area (Å²) in [7, 11) is 1.62.